The van der Waals surface area contributed by atoms with E-state index in [0.29, 0.717) is 24.4 Å². The van der Waals surface area contributed by atoms with Gasteiger partial charge < -0.3 is 4.90 Å². The molecule has 0 bridgehead atoms. The third-order valence-corrected chi connectivity index (χ3v) is 7.42. The van der Waals surface area contributed by atoms with Gasteiger partial charge in [-0.25, -0.2) is 17.9 Å². The summed E-state index contributed by atoms with van der Waals surface area (Å²) in [7, 11) is -3.56. The molecule has 158 valence electrons. The van der Waals surface area contributed by atoms with Gasteiger partial charge in [0.25, 0.3) is 5.56 Å². The number of nitrogens with one attached hydrogen (secondary N) is 1. The predicted octanol–water partition coefficient (Wildman–Crippen LogP) is 0.715. The normalized spacial score (nSPS) is 15.6. The molecule has 0 aliphatic carbocycles. The Labute approximate surface area is 174 Å². The van der Waals surface area contributed by atoms with E-state index in [2.05, 4.69) is 10.1 Å². The van der Waals surface area contributed by atoms with Gasteiger partial charge in [0.1, 0.15) is 0 Å². The molecule has 9 nitrogen and oxygen atoms in total. The molecule has 10 heteroatoms. The zero-order valence-electron chi connectivity index (χ0n) is 16.8. The van der Waals surface area contributed by atoms with Crippen molar-refractivity contribution in [3.05, 3.63) is 63.7 Å². The minimum absolute atomic E-state index is 0.0892. The van der Waals surface area contributed by atoms with Crippen molar-refractivity contribution >= 4 is 21.6 Å². The molecule has 3 heterocycles. The molecule has 1 amide bonds. The van der Waals surface area contributed by atoms with Crippen LogP contribution in [0, 0.1) is 13.8 Å². The van der Waals surface area contributed by atoms with Crippen LogP contribution in [-0.4, -0.2) is 64.3 Å². The highest BCUT2D eigenvalue weighted by Crippen LogP contribution is 2.19. The third kappa shape index (κ3) is 3.63. The first-order valence-electron chi connectivity index (χ1n) is 9.68. The minimum Gasteiger partial charge on any atom is -0.340 e. The Morgan fingerprint density at radius 1 is 1.10 bits per heavy atom. The van der Waals surface area contributed by atoms with Crippen molar-refractivity contribution in [2.45, 2.75) is 25.2 Å². The number of hydrogen-bond acceptors (Lipinski definition) is 5. The Hall–Kier alpha value is -2.98. The summed E-state index contributed by atoms with van der Waals surface area (Å²) in [5, 5.41) is 2.69. The lowest BCUT2D eigenvalue weighted by atomic mass is 10.1. The van der Waals surface area contributed by atoms with Crippen molar-refractivity contribution in [2.75, 3.05) is 26.2 Å². The van der Waals surface area contributed by atoms with Crippen LogP contribution < -0.4 is 5.56 Å². The van der Waals surface area contributed by atoms with Crippen molar-refractivity contribution in [3.63, 3.8) is 0 Å². The number of nitrogens with zero attached hydrogens (tertiary/aromatic N) is 4. The van der Waals surface area contributed by atoms with Crippen LogP contribution in [0.5, 0.6) is 0 Å². The topological polar surface area (TPSA) is 108 Å². The second-order valence-corrected chi connectivity index (χ2v) is 9.29. The summed E-state index contributed by atoms with van der Waals surface area (Å²) in [4.78, 5) is 30.8. The van der Waals surface area contributed by atoms with Gasteiger partial charge in [-0.2, -0.15) is 4.31 Å². The molecule has 0 unspecified atom stereocenters. The van der Waals surface area contributed by atoms with Crippen LogP contribution in [0.3, 0.4) is 0 Å². The van der Waals surface area contributed by atoms with Gasteiger partial charge in [-0.15, -0.1) is 0 Å². The van der Waals surface area contributed by atoms with Crippen LogP contribution in [0.2, 0.25) is 0 Å². The Balaban J connectivity index is 1.47. The van der Waals surface area contributed by atoms with Crippen molar-refractivity contribution in [3.8, 4) is 0 Å². The molecule has 0 saturated carbocycles. The standard InChI is InChI=1S/C20H23N5O4S/c1-14-17(15(2)25-18(21-14)13-19(26)22-25)12-20(27)23-8-10-24(11-9-23)30(28,29)16-6-4-3-5-7-16/h3-7,13H,8-12H2,1-2H3,(H,22,26). The molecule has 0 radical (unpaired) electrons. The monoisotopic (exact) mass is 429 g/mol. The van der Waals surface area contributed by atoms with Gasteiger partial charge in [0.15, 0.2) is 5.65 Å². The maximum atomic E-state index is 12.9. The van der Waals surface area contributed by atoms with Crippen molar-refractivity contribution in [2.24, 2.45) is 0 Å². The Morgan fingerprint density at radius 2 is 1.77 bits per heavy atom. The summed E-state index contributed by atoms with van der Waals surface area (Å²) in [6, 6.07) is 9.73. The summed E-state index contributed by atoms with van der Waals surface area (Å²) < 4.78 is 28.5. The van der Waals surface area contributed by atoms with Gasteiger partial charge in [0.05, 0.1) is 11.3 Å². The maximum absolute atomic E-state index is 12.9. The van der Waals surface area contributed by atoms with E-state index >= 15 is 0 Å². The number of aromatic amines is 1. The van der Waals surface area contributed by atoms with Crippen LogP contribution in [0.25, 0.3) is 5.65 Å². The smallest absolute Gasteiger partial charge is 0.266 e. The molecule has 0 atom stereocenters. The summed E-state index contributed by atoms with van der Waals surface area (Å²) >= 11 is 0. The number of rotatable bonds is 4. The Kier molecular flexibility index (Phi) is 5.20. The molecule has 1 aromatic carbocycles. The molecule has 2 aromatic heterocycles. The molecule has 30 heavy (non-hydrogen) atoms. The van der Waals surface area contributed by atoms with Gasteiger partial charge in [0, 0.05) is 49.2 Å². The van der Waals surface area contributed by atoms with Crippen LogP contribution in [-0.2, 0) is 21.2 Å². The number of hydrogen-bond donors (Lipinski definition) is 1. The van der Waals surface area contributed by atoms with Gasteiger partial charge >= 0.3 is 0 Å². The fraction of sp³-hybridized carbons (Fsp3) is 0.350. The molecule has 1 saturated heterocycles. The van der Waals surface area contributed by atoms with Crippen molar-refractivity contribution in [1.82, 2.24) is 23.8 Å². The summed E-state index contributed by atoms with van der Waals surface area (Å²) in [5.74, 6) is -0.0892. The lowest BCUT2D eigenvalue weighted by Gasteiger charge is -2.34. The molecule has 4 rings (SSSR count). The second kappa shape index (κ2) is 7.69. The maximum Gasteiger partial charge on any atom is 0.266 e. The van der Waals surface area contributed by atoms with E-state index in [0.717, 1.165) is 11.3 Å². The van der Waals surface area contributed by atoms with Gasteiger partial charge in [-0.3, -0.25) is 14.7 Å². The van der Waals surface area contributed by atoms with Crippen LogP contribution >= 0.6 is 0 Å². The number of aryl methyl sites for hydroxylation is 2. The lowest BCUT2D eigenvalue weighted by molar-refractivity contribution is -0.131. The lowest BCUT2D eigenvalue weighted by Crippen LogP contribution is -2.50. The second-order valence-electron chi connectivity index (χ2n) is 7.35. The number of aromatic nitrogens is 3. The van der Waals surface area contributed by atoms with E-state index in [1.165, 1.54) is 10.4 Å². The summed E-state index contributed by atoms with van der Waals surface area (Å²) in [6.07, 6.45) is 0.145. The average Bonchev–Trinajstić information content (AvgIpc) is 3.12. The average molecular weight is 430 g/mol. The summed E-state index contributed by atoms with van der Waals surface area (Å²) in [6.45, 7) is 4.83. The fourth-order valence-corrected chi connectivity index (χ4v) is 5.24. The first kappa shape index (κ1) is 20.3. The molecular weight excluding hydrogens is 406 g/mol. The Morgan fingerprint density at radius 3 is 2.43 bits per heavy atom. The van der Waals surface area contributed by atoms with E-state index in [4.69, 9.17) is 0 Å². The summed E-state index contributed by atoms with van der Waals surface area (Å²) in [5.41, 5.74) is 2.50. The molecule has 1 N–H and O–H groups in total. The highest BCUT2D eigenvalue weighted by molar-refractivity contribution is 7.89. The number of carbonyl (C=O) groups excluding carboxylic acids is 1. The number of sulfonamides is 1. The SMILES string of the molecule is Cc1nc2cc(=O)[nH]n2c(C)c1CC(=O)N1CCN(S(=O)(=O)c2ccccc2)CC1. The largest absolute Gasteiger partial charge is 0.340 e. The number of amides is 1. The van der Waals surface area contributed by atoms with Gasteiger partial charge in [-0.1, -0.05) is 18.2 Å². The zero-order valence-corrected chi connectivity index (χ0v) is 17.6. The van der Waals surface area contributed by atoms with Crippen molar-refractivity contribution < 1.29 is 13.2 Å². The fourth-order valence-electron chi connectivity index (χ4n) is 3.79. The first-order valence-corrected chi connectivity index (χ1v) is 11.1. The highest BCUT2D eigenvalue weighted by Gasteiger charge is 2.30. The predicted molar refractivity (Wildman–Crippen MR) is 111 cm³/mol. The number of piperazine rings is 1. The minimum atomic E-state index is -3.56. The molecule has 1 fully saturated rings. The van der Waals surface area contributed by atoms with E-state index in [9.17, 15) is 18.0 Å². The van der Waals surface area contributed by atoms with E-state index in [1.807, 2.05) is 13.8 Å². The molecule has 1 aliphatic rings. The van der Waals surface area contributed by atoms with Gasteiger partial charge in [-0.05, 0) is 26.0 Å². The van der Waals surface area contributed by atoms with E-state index in [1.54, 1.807) is 39.7 Å². The number of carbonyl (C=O) groups is 1. The number of fused-ring (bicyclic) bond motifs is 1. The quantitative estimate of drug-likeness (QED) is 0.657. The molecule has 1 aliphatic heterocycles. The van der Waals surface area contributed by atoms with Crippen molar-refractivity contribution in [1.29, 1.82) is 0 Å². The number of H-pyrrole nitrogens is 1. The molecular formula is C20H23N5O4S. The third-order valence-electron chi connectivity index (χ3n) is 5.50. The highest BCUT2D eigenvalue weighted by atomic mass is 32.2. The molecule has 3 aromatic rings. The molecule has 0 spiro atoms. The van der Waals surface area contributed by atoms with Crippen LogP contribution in [0.1, 0.15) is 17.0 Å². The Bertz CT molecular complexity index is 1260. The number of benzene rings is 1. The first-order chi connectivity index (χ1) is 14.3. The van der Waals surface area contributed by atoms with Gasteiger partial charge in [0.2, 0.25) is 15.9 Å². The van der Waals surface area contributed by atoms with Crippen LogP contribution in [0.4, 0.5) is 0 Å². The van der Waals surface area contributed by atoms with Crippen LogP contribution in [0.15, 0.2) is 46.1 Å². The zero-order chi connectivity index (χ0) is 21.5. The van der Waals surface area contributed by atoms with E-state index in [-0.39, 0.29) is 35.9 Å². The van der Waals surface area contributed by atoms with E-state index < -0.39 is 10.0 Å².